The molecule has 2 amide bonds. The van der Waals surface area contributed by atoms with E-state index >= 15 is 0 Å². The van der Waals surface area contributed by atoms with Gasteiger partial charge in [0.05, 0.1) is 6.54 Å². The Balaban J connectivity index is 1.63. The van der Waals surface area contributed by atoms with E-state index in [2.05, 4.69) is 15.4 Å². The van der Waals surface area contributed by atoms with Crippen LogP contribution in [0.5, 0.6) is 0 Å². The van der Waals surface area contributed by atoms with E-state index < -0.39 is 0 Å². The van der Waals surface area contributed by atoms with Gasteiger partial charge in [-0.15, -0.1) is 0 Å². The Morgan fingerprint density at radius 2 is 2.19 bits per heavy atom. The molecule has 110 valence electrons. The van der Waals surface area contributed by atoms with Crippen molar-refractivity contribution >= 4 is 23.5 Å². The predicted molar refractivity (Wildman–Crippen MR) is 83.5 cm³/mol. The van der Waals surface area contributed by atoms with Crippen LogP contribution in [0.4, 0.5) is 10.5 Å². The molecule has 0 radical (unpaired) electrons. The van der Waals surface area contributed by atoms with Crippen LogP contribution in [-0.2, 0) is 6.54 Å². The highest BCUT2D eigenvalue weighted by Crippen LogP contribution is 2.14. The number of anilines is 1. The number of aromatic nitrogens is 3. The summed E-state index contributed by atoms with van der Waals surface area (Å²) in [5.74, 6) is 2.03. The fourth-order valence-corrected chi connectivity index (χ4v) is 3.12. The standard InChI is InChI=1S/C14H17N5OS/c20-14(18-4-6-21-7-5-18)17-13-3-1-2-12(8-13)9-19-11-15-10-16-19/h1-3,8,10-11H,4-7,9H2,(H,17,20). The summed E-state index contributed by atoms with van der Waals surface area (Å²) in [4.78, 5) is 18.0. The molecule has 0 bridgehead atoms. The lowest BCUT2D eigenvalue weighted by molar-refractivity contribution is 0.217. The lowest BCUT2D eigenvalue weighted by Crippen LogP contribution is -2.40. The molecule has 1 N–H and O–H groups in total. The van der Waals surface area contributed by atoms with Crippen LogP contribution in [-0.4, -0.2) is 50.3 Å². The number of rotatable bonds is 3. The molecule has 0 unspecified atom stereocenters. The van der Waals surface area contributed by atoms with Crippen molar-refractivity contribution in [2.75, 3.05) is 29.9 Å². The summed E-state index contributed by atoms with van der Waals surface area (Å²) >= 11 is 1.89. The zero-order valence-electron chi connectivity index (χ0n) is 11.6. The number of amides is 2. The largest absolute Gasteiger partial charge is 0.323 e. The van der Waals surface area contributed by atoms with Crippen LogP contribution in [0.1, 0.15) is 5.56 Å². The maximum Gasteiger partial charge on any atom is 0.321 e. The van der Waals surface area contributed by atoms with Crippen molar-refractivity contribution in [3.05, 3.63) is 42.5 Å². The predicted octanol–water partition coefficient (Wildman–Crippen LogP) is 1.91. The van der Waals surface area contributed by atoms with E-state index in [-0.39, 0.29) is 6.03 Å². The molecular formula is C14H17N5OS. The van der Waals surface area contributed by atoms with Gasteiger partial charge in [-0.1, -0.05) is 12.1 Å². The molecule has 3 rings (SSSR count). The van der Waals surface area contributed by atoms with Crippen LogP contribution in [0.25, 0.3) is 0 Å². The summed E-state index contributed by atoms with van der Waals surface area (Å²) in [7, 11) is 0. The molecule has 1 saturated heterocycles. The van der Waals surface area contributed by atoms with E-state index in [1.165, 1.54) is 6.33 Å². The summed E-state index contributed by atoms with van der Waals surface area (Å²) in [6, 6.07) is 7.80. The van der Waals surface area contributed by atoms with Crippen molar-refractivity contribution in [2.45, 2.75) is 6.54 Å². The Morgan fingerprint density at radius 3 is 2.95 bits per heavy atom. The quantitative estimate of drug-likeness (QED) is 0.941. The van der Waals surface area contributed by atoms with Crippen LogP contribution in [0.3, 0.4) is 0 Å². The third-order valence-corrected chi connectivity index (χ3v) is 4.23. The molecule has 6 nitrogen and oxygen atoms in total. The lowest BCUT2D eigenvalue weighted by atomic mass is 10.2. The minimum atomic E-state index is -0.0202. The number of urea groups is 1. The molecule has 2 heterocycles. The molecule has 21 heavy (non-hydrogen) atoms. The van der Waals surface area contributed by atoms with Crippen molar-refractivity contribution in [3.63, 3.8) is 0 Å². The molecule has 1 fully saturated rings. The van der Waals surface area contributed by atoms with Crippen LogP contribution in [0, 0.1) is 0 Å². The number of carbonyl (C=O) groups excluding carboxylic acids is 1. The number of thioether (sulfide) groups is 1. The van der Waals surface area contributed by atoms with Gasteiger partial charge >= 0.3 is 6.03 Å². The third-order valence-electron chi connectivity index (χ3n) is 3.29. The van der Waals surface area contributed by atoms with Crippen LogP contribution >= 0.6 is 11.8 Å². The number of hydrogen-bond donors (Lipinski definition) is 1. The fourth-order valence-electron chi connectivity index (χ4n) is 2.22. The molecule has 0 spiro atoms. The van der Waals surface area contributed by atoms with Crippen molar-refractivity contribution in [3.8, 4) is 0 Å². The molecule has 0 aliphatic carbocycles. The summed E-state index contributed by atoms with van der Waals surface area (Å²) in [5.41, 5.74) is 1.89. The smallest absolute Gasteiger partial charge is 0.321 e. The molecule has 1 aliphatic heterocycles. The highest BCUT2D eigenvalue weighted by atomic mass is 32.2. The monoisotopic (exact) mass is 303 g/mol. The normalized spacial score (nSPS) is 15.0. The Labute approximate surface area is 127 Å². The maximum atomic E-state index is 12.2. The van der Waals surface area contributed by atoms with Gasteiger partial charge < -0.3 is 10.2 Å². The molecule has 0 atom stereocenters. The van der Waals surface area contributed by atoms with E-state index in [0.717, 1.165) is 35.8 Å². The highest BCUT2D eigenvalue weighted by molar-refractivity contribution is 7.99. The van der Waals surface area contributed by atoms with Crippen molar-refractivity contribution in [1.29, 1.82) is 0 Å². The Bertz CT molecular complexity index is 595. The van der Waals surface area contributed by atoms with Gasteiger partial charge in [-0.3, -0.25) is 0 Å². The first-order chi connectivity index (χ1) is 10.3. The highest BCUT2D eigenvalue weighted by Gasteiger charge is 2.16. The molecule has 1 aromatic heterocycles. The average molecular weight is 303 g/mol. The van der Waals surface area contributed by atoms with Crippen molar-refractivity contribution in [1.82, 2.24) is 19.7 Å². The van der Waals surface area contributed by atoms with Gasteiger partial charge in [-0.2, -0.15) is 16.9 Å². The summed E-state index contributed by atoms with van der Waals surface area (Å²) in [6.07, 6.45) is 3.19. The number of benzene rings is 1. The summed E-state index contributed by atoms with van der Waals surface area (Å²) < 4.78 is 1.75. The second kappa shape index (κ2) is 6.62. The van der Waals surface area contributed by atoms with E-state index in [4.69, 9.17) is 0 Å². The van der Waals surface area contributed by atoms with Crippen molar-refractivity contribution < 1.29 is 4.79 Å². The number of nitrogens with one attached hydrogen (secondary N) is 1. The molecule has 7 heteroatoms. The SMILES string of the molecule is O=C(Nc1cccc(Cn2cncn2)c1)N1CCSCC1. The third kappa shape index (κ3) is 3.75. The van der Waals surface area contributed by atoms with Gasteiger partial charge in [-0.25, -0.2) is 14.5 Å². The van der Waals surface area contributed by atoms with Gasteiger partial charge in [0.2, 0.25) is 0 Å². The first kappa shape index (κ1) is 13.9. The Kier molecular flexibility index (Phi) is 4.40. The van der Waals surface area contributed by atoms with Crippen molar-refractivity contribution in [2.24, 2.45) is 0 Å². The molecule has 1 aliphatic rings. The topological polar surface area (TPSA) is 63.1 Å². The Morgan fingerprint density at radius 1 is 1.33 bits per heavy atom. The molecule has 0 saturated carbocycles. The summed E-state index contributed by atoms with van der Waals surface area (Å²) in [5, 5.41) is 7.05. The molecule has 1 aromatic carbocycles. The van der Waals surface area contributed by atoms with Gasteiger partial charge in [0.1, 0.15) is 12.7 Å². The molecule has 2 aromatic rings. The molecular weight excluding hydrogens is 286 g/mol. The number of nitrogens with zero attached hydrogens (tertiary/aromatic N) is 4. The fraction of sp³-hybridized carbons (Fsp3) is 0.357. The van der Waals surface area contributed by atoms with Crippen LogP contribution < -0.4 is 5.32 Å². The Hall–Kier alpha value is -2.02. The van der Waals surface area contributed by atoms with E-state index in [1.807, 2.05) is 40.9 Å². The van der Waals surface area contributed by atoms with Gasteiger partial charge in [0.15, 0.2) is 0 Å². The van der Waals surface area contributed by atoms with E-state index in [1.54, 1.807) is 11.0 Å². The second-order valence-corrected chi connectivity index (χ2v) is 6.05. The maximum absolute atomic E-state index is 12.2. The zero-order valence-corrected chi connectivity index (χ0v) is 12.4. The number of carbonyl (C=O) groups is 1. The number of hydrogen-bond acceptors (Lipinski definition) is 4. The van der Waals surface area contributed by atoms with Crippen LogP contribution in [0.2, 0.25) is 0 Å². The van der Waals surface area contributed by atoms with Gasteiger partial charge in [0, 0.05) is 30.3 Å². The minimum Gasteiger partial charge on any atom is -0.323 e. The zero-order chi connectivity index (χ0) is 14.5. The summed E-state index contributed by atoms with van der Waals surface area (Å²) in [6.45, 7) is 2.27. The van der Waals surface area contributed by atoms with Gasteiger partial charge in [0.25, 0.3) is 0 Å². The van der Waals surface area contributed by atoms with E-state index in [9.17, 15) is 4.79 Å². The minimum absolute atomic E-state index is 0.0202. The second-order valence-electron chi connectivity index (χ2n) is 4.82. The first-order valence-corrected chi connectivity index (χ1v) is 8.02. The first-order valence-electron chi connectivity index (χ1n) is 6.86. The van der Waals surface area contributed by atoms with Crippen LogP contribution in [0.15, 0.2) is 36.9 Å². The van der Waals surface area contributed by atoms with E-state index in [0.29, 0.717) is 6.54 Å². The average Bonchev–Trinajstić information content (AvgIpc) is 3.01. The van der Waals surface area contributed by atoms with Gasteiger partial charge in [-0.05, 0) is 17.7 Å². The lowest BCUT2D eigenvalue weighted by Gasteiger charge is -2.26.